The van der Waals surface area contributed by atoms with Gasteiger partial charge in [-0.25, -0.2) is 29.9 Å². The standard InChI is InChI=1S/C104H54F24N8/c105-97(106,107)69-37-65(38-70(49-69)98(108,109)110)59-24-32-87-81(45-59)82-46-60(66-39-71(99(111,112)113)50-72(40-66)100(114,115)116)25-33-88(82)135(87)77-28-30-79(85(53-77)95-131-91(55-14-5-1-6-15-55)129-92(132-95)56-16-7-2-8-17-56)63-22-13-23-64(36-63)80-31-29-78(54-86(80)96-133-93(57-18-9-3-10-19-57)130-94(134-96)58-20-11-4-12-21-58)136-89-34-26-61(67-41-73(101(117,118)119)51-74(42-67)102(120,121)122)47-83(89)84-48-62(27-35-90(84)136)68-43-75(103(123,124)125)52-76(44-68)104(126,127)128/h1-54H. The number of aromatic nitrogens is 8. The highest BCUT2D eigenvalue weighted by molar-refractivity contribution is 6.13. The lowest BCUT2D eigenvalue weighted by Crippen LogP contribution is -2.11. The van der Waals surface area contributed by atoms with Crippen LogP contribution < -0.4 is 0 Å². The highest BCUT2D eigenvalue weighted by Gasteiger charge is 2.43. The Bertz CT molecular complexity index is 6980. The predicted octanol–water partition coefficient (Wildman–Crippen LogP) is 32.4. The number of benzene rings is 15. The molecular formula is C104H54F24N8. The van der Waals surface area contributed by atoms with Gasteiger partial charge in [0, 0.05) is 66.3 Å². The van der Waals surface area contributed by atoms with E-state index in [1.54, 1.807) is 191 Å². The molecule has 0 aliphatic heterocycles. The second-order valence-electron chi connectivity index (χ2n) is 31.9. The number of hydrogen-bond acceptors (Lipinski definition) is 6. The second kappa shape index (κ2) is 33.2. The molecule has 0 amide bonds. The van der Waals surface area contributed by atoms with Gasteiger partial charge in [0.2, 0.25) is 0 Å². The van der Waals surface area contributed by atoms with Crippen molar-refractivity contribution in [2.45, 2.75) is 49.4 Å². The largest absolute Gasteiger partial charge is 0.416 e. The van der Waals surface area contributed by atoms with Crippen LogP contribution in [0.25, 0.3) is 190 Å². The molecule has 8 nitrogen and oxygen atoms in total. The highest BCUT2D eigenvalue weighted by Crippen LogP contribution is 2.50. The molecule has 0 radical (unpaired) electrons. The minimum absolute atomic E-state index is 0.0142. The number of fused-ring (bicyclic) bond motifs is 6. The average molecular weight is 1870 g/mol. The lowest BCUT2D eigenvalue weighted by Gasteiger charge is -2.18. The Labute approximate surface area is 752 Å². The topological polar surface area (TPSA) is 87.2 Å². The molecule has 0 fully saturated rings. The molecule has 0 saturated heterocycles. The molecule has 678 valence electrons. The normalized spacial score (nSPS) is 12.7. The summed E-state index contributed by atoms with van der Waals surface area (Å²) in [5.74, 6) is 0.525. The number of alkyl halides is 24. The van der Waals surface area contributed by atoms with Gasteiger partial charge >= 0.3 is 49.4 Å². The van der Waals surface area contributed by atoms with E-state index in [0.29, 0.717) is 93.0 Å². The van der Waals surface area contributed by atoms with Gasteiger partial charge in [0.1, 0.15) is 0 Å². The van der Waals surface area contributed by atoms with Crippen LogP contribution in [0.2, 0.25) is 0 Å². The lowest BCUT2D eigenvalue weighted by atomic mass is 9.92. The third-order valence-electron chi connectivity index (χ3n) is 23.1. The van der Waals surface area contributed by atoms with Crippen molar-refractivity contribution in [2.24, 2.45) is 0 Å². The minimum Gasteiger partial charge on any atom is -0.309 e. The van der Waals surface area contributed by atoms with Crippen LogP contribution in [0.3, 0.4) is 0 Å². The van der Waals surface area contributed by atoms with Crippen molar-refractivity contribution in [3.8, 4) is 146 Å². The first-order chi connectivity index (χ1) is 64.4. The van der Waals surface area contributed by atoms with Gasteiger partial charge in [-0.05, 0) is 218 Å². The zero-order valence-electron chi connectivity index (χ0n) is 68.8. The molecule has 0 spiro atoms. The molecule has 0 aliphatic rings. The first-order valence-electron chi connectivity index (χ1n) is 40.9. The molecule has 32 heteroatoms. The predicted molar refractivity (Wildman–Crippen MR) is 467 cm³/mol. The maximum absolute atomic E-state index is 14.7. The molecule has 0 bridgehead atoms. The summed E-state index contributed by atoms with van der Waals surface area (Å²) in [4.78, 5) is 30.5. The quantitative estimate of drug-likeness (QED) is 0.101. The Morgan fingerprint density at radius 3 is 0.566 bits per heavy atom. The third-order valence-corrected chi connectivity index (χ3v) is 23.1. The van der Waals surface area contributed by atoms with Crippen molar-refractivity contribution in [3.05, 3.63) is 372 Å². The van der Waals surface area contributed by atoms with Crippen LogP contribution in [0.15, 0.2) is 328 Å². The van der Waals surface area contributed by atoms with E-state index in [2.05, 4.69) is 0 Å². The summed E-state index contributed by atoms with van der Waals surface area (Å²) in [6.45, 7) is 0. The fraction of sp³-hybridized carbons (Fsp3) is 0.0769. The maximum atomic E-state index is 14.7. The molecule has 15 aromatic carbocycles. The van der Waals surface area contributed by atoms with Crippen LogP contribution in [0, 0.1) is 0 Å². The van der Waals surface area contributed by atoms with Gasteiger partial charge in [-0.15, -0.1) is 0 Å². The molecule has 136 heavy (non-hydrogen) atoms. The van der Waals surface area contributed by atoms with E-state index in [1.807, 2.05) is 0 Å². The van der Waals surface area contributed by atoms with Crippen molar-refractivity contribution in [2.75, 3.05) is 0 Å². The average Bonchev–Trinajstić information content (AvgIpc) is 1.52. The van der Waals surface area contributed by atoms with Crippen molar-refractivity contribution >= 4 is 43.6 Å². The summed E-state index contributed by atoms with van der Waals surface area (Å²) >= 11 is 0. The van der Waals surface area contributed by atoms with E-state index in [-0.39, 0.29) is 148 Å². The van der Waals surface area contributed by atoms with Crippen molar-refractivity contribution in [1.29, 1.82) is 0 Å². The first-order valence-corrected chi connectivity index (χ1v) is 40.9. The Kier molecular flexibility index (Phi) is 21.8. The number of halogens is 24. The van der Waals surface area contributed by atoms with Gasteiger partial charge in [0.25, 0.3) is 0 Å². The monoisotopic (exact) mass is 1870 g/mol. The zero-order valence-corrected chi connectivity index (χ0v) is 68.8. The Hall–Kier alpha value is -15.8. The smallest absolute Gasteiger partial charge is 0.309 e. The van der Waals surface area contributed by atoms with Crippen molar-refractivity contribution in [3.63, 3.8) is 0 Å². The van der Waals surface area contributed by atoms with E-state index in [0.717, 1.165) is 0 Å². The van der Waals surface area contributed by atoms with E-state index >= 15 is 0 Å². The van der Waals surface area contributed by atoms with Crippen LogP contribution in [-0.4, -0.2) is 39.0 Å². The van der Waals surface area contributed by atoms with Crippen molar-refractivity contribution < 1.29 is 105 Å². The summed E-state index contributed by atoms with van der Waals surface area (Å²) in [5.41, 5.74) is -11.9. The molecule has 4 heterocycles. The van der Waals surface area contributed by atoms with Gasteiger partial charge in [0.05, 0.1) is 66.6 Å². The van der Waals surface area contributed by atoms with Crippen molar-refractivity contribution in [1.82, 2.24) is 39.0 Å². The van der Waals surface area contributed by atoms with Gasteiger partial charge in [-0.3, -0.25) is 0 Å². The minimum atomic E-state index is -5.32. The molecule has 0 atom stereocenters. The van der Waals surface area contributed by atoms with Gasteiger partial charge in [-0.1, -0.05) is 176 Å². The molecular weight excluding hydrogens is 1820 g/mol. The zero-order chi connectivity index (χ0) is 95.8. The van der Waals surface area contributed by atoms with Crippen LogP contribution in [0.4, 0.5) is 105 Å². The Morgan fingerprint density at radius 2 is 0.353 bits per heavy atom. The van der Waals surface area contributed by atoms with E-state index in [4.69, 9.17) is 29.9 Å². The number of rotatable bonds is 14. The summed E-state index contributed by atoms with van der Waals surface area (Å²) in [6.07, 6.45) is -42.6. The Balaban J connectivity index is 0.858. The first kappa shape index (κ1) is 89.5. The van der Waals surface area contributed by atoms with Crippen LogP contribution in [0.5, 0.6) is 0 Å². The molecule has 0 aliphatic carbocycles. The SMILES string of the molecule is FC(F)(F)c1cc(-c2ccc3c(c2)c2cc(-c4cc(C(F)(F)F)cc(C(F)(F)F)c4)ccc2n3-c2ccc(-c3cccc(-c4ccc(-n5c6ccc(-c7cc(C(F)(F)F)cc(C(F)(F)F)c7)cc6c6cc(-c7cc(C(F)(F)F)cc(C(F)(F)F)c7)ccc65)cc4-c4nc(-c5ccccc5)nc(-c5ccccc5)n4)c3)c(-c3nc(-c4ccccc4)nc(-c4ccccc4)n3)c2)cc(C(F)(F)F)c1. The summed E-state index contributed by atoms with van der Waals surface area (Å²) in [5, 5.41) is 0.0843. The lowest BCUT2D eigenvalue weighted by molar-refractivity contribution is -0.144. The van der Waals surface area contributed by atoms with Crippen LogP contribution >= 0.6 is 0 Å². The van der Waals surface area contributed by atoms with Crippen LogP contribution in [0.1, 0.15) is 44.5 Å². The molecule has 0 saturated carbocycles. The molecule has 0 unspecified atom stereocenters. The third kappa shape index (κ3) is 17.6. The van der Waals surface area contributed by atoms with E-state index in [9.17, 15) is 105 Å². The highest BCUT2D eigenvalue weighted by atomic mass is 19.4. The molecule has 0 N–H and O–H groups in total. The number of hydrogen-bond donors (Lipinski definition) is 0. The summed E-state index contributed by atoms with van der Waals surface area (Å²) in [6, 6.07) is 70.6. The van der Waals surface area contributed by atoms with Crippen LogP contribution in [-0.2, 0) is 49.4 Å². The maximum Gasteiger partial charge on any atom is 0.416 e. The summed E-state index contributed by atoms with van der Waals surface area (Å²) < 4.78 is 355. The van der Waals surface area contributed by atoms with Gasteiger partial charge in [0.15, 0.2) is 34.9 Å². The molecule has 4 aromatic heterocycles. The number of nitrogens with zero attached hydrogens (tertiary/aromatic N) is 8. The van der Waals surface area contributed by atoms with E-state index in [1.165, 1.54) is 72.8 Å². The second-order valence-corrected chi connectivity index (χ2v) is 31.9. The Morgan fingerprint density at radius 1 is 0.147 bits per heavy atom. The fourth-order valence-electron chi connectivity index (χ4n) is 16.7. The van der Waals surface area contributed by atoms with Gasteiger partial charge in [-0.2, -0.15) is 105 Å². The fourth-order valence-corrected chi connectivity index (χ4v) is 16.7. The molecule has 19 rings (SSSR count). The summed E-state index contributed by atoms with van der Waals surface area (Å²) in [7, 11) is 0. The van der Waals surface area contributed by atoms with E-state index < -0.39 is 116 Å². The molecule has 19 aromatic rings. The van der Waals surface area contributed by atoms with Gasteiger partial charge < -0.3 is 9.13 Å².